The van der Waals surface area contributed by atoms with Crippen molar-refractivity contribution in [1.82, 2.24) is 15.6 Å². The minimum Gasteiger partial charge on any atom is -0.355 e. The number of piperidine rings is 1. The van der Waals surface area contributed by atoms with Crippen molar-refractivity contribution in [3.8, 4) is 0 Å². The number of nitrogens with one attached hydrogen (secondary N) is 2. The lowest BCUT2D eigenvalue weighted by molar-refractivity contribution is -0.124. The normalized spacial score (nSPS) is 23.5. The van der Waals surface area contributed by atoms with Gasteiger partial charge in [0, 0.05) is 18.1 Å². The average Bonchev–Trinajstić information content (AvgIpc) is 2.74. The van der Waals surface area contributed by atoms with Gasteiger partial charge in [0.2, 0.25) is 5.91 Å². The molecule has 0 spiro atoms. The van der Waals surface area contributed by atoms with E-state index in [0.717, 1.165) is 24.4 Å². The van der Waals surface area contributed by atoms with Crippen molar-refractivity contribution < 1.29 is 4.79 Å². The summed E-state index contributed by atoms with van der Waals surface area (Å²) in [5, 5.41) is 9.16. The highest BCUT2D eigenvalue weighted by atomic mass is 32.1. The molecule has 2 rings (SSSR count). The van der Waals surface area contributed by atoms with Crippen LogP contribution in [0.5, 0.6) is 0 Å². The molecule has 0 aliphatic carbocycles. The van der Waals surface area contributed by atoms with Crippen LogP contribution in [0.3, 0.4) is 0 Å². The summed E-state index contributed by atoms with van der Waals surface area (Å²) in [5.74, 6) is 0.115. The fourth-order valence-electron chi connectivity index (χ4n) is 1.75. The second-order valence-corrected chi connectivity index (χ2v) is 4.67. The maximum absolute atomic E-state index is 11.5. The fraction of sp³-hybridized carbons (Fsp3) is 0.600. The lowest BCUT2D eigenvalue weighted by Gasteiger charge is -2.25. The first-order chi connectivity index (χ1) is 7.27. The quantitative estimate of drug-likeness (QED) is 0.809. The Morgan fingerprint density at radius 1 is 1.73 bits per heavy atom. The molecule has 1 amide bonds. The molecule has 2 unspecified atom stereocenters. The molecule has 0 radical (unpaired) electrons. The van der Waals surface area contributed by atoms with Crippen LogP contribution in [0, 0.1) is 0 Å². The summed E-state index contributed by atoms with van der Waals surface area (Å²) in [6, 6.07) is 0.0940. The summed E-state index contributed by atoms with van der Waals surface area (Å²) >= 11 is 1.62. The predicted octanol–water partition coefficient (Wildman–Crippen LogP) is 1.07. The Balaban J connectivity index is 1.93. The lowest BCUT2D eigenvalue weighted by Crippen LogP contribution is -2.48. The van der Waals surface area contributed by atoms with Gasteiger partial charge in [0.15, 0.2) is 0 Å². The number of nitrogens with zero attached hydrogens (tertiary/aromatic N) is 1. The van der Waals surface area contributed by atoms with Crippen LogP contribution in [-0.4, -0.2) is 23.5 Å². The average molecular weight is 225 g/mol. The summed E-state index contributed by atoms with van der Waals surface area (Å²) < 4.78 is 0. The zero-order valence-corrected chi connectivity index (χ0v) is 9.51. The molecule has 2 heterocycles. The van der Waals surface area contributed by atoms with E-state index in [2.05, 4.69) is 15.6 Å². The minimum absolute atomic E-state index is 0.0577. The van der Waals surface area contributed by atoms with Gasteiger partial charge in [0.05, 0.1) is 12.1 Å². The number of rotatable bonds is 3. The molecule has 1 aromatic rings. The van der Waals surface area contributed by atoms with E-state index in [-0.39, 0.29) is 18.0 Å². The van der Waals surface area contributed by atoms with Crippen molar-refractivity contribution in [2.45, 2.75) is 31.8 Å². The van der Waals surface area contributed by atoms with Crippen LogP contribution >= 0.6 is 11.3 Å². The zero-order chi connectivity index (χ0) is 10.7. The van der Waals surface area contributed by atoms with Gasteiger partial charge in [-0.15, -0.1) is 11.3 Å². The van der Waals surface area contributed by atoms with Crippen molar-refractivity contribution in [3.63, 3.8) is 0 Å². The smallest absolute Gasteiger partial charge is 0.237 e. The standard InChI is InChI=1S/C10H15N3OS/c1-7(10-12-5-6-15-10)13-8-3-2-4-11-9(8)14/h5-8,13H,2-4H2,1H3,(H,11,14). The summed E-state index contributed by atoms with van der Waals surface area (Å²) in [6.07, 6.45) is 3.76. The second-order valence-electron chi connectivity index (χ2n) is 3.74. The summed E-state index contributed by atoms with van der Waals surface area (Å²) in [5.41, 5.74) is 0. The highest BCUT2D eigenvalue weighted by Crippen LogP contribution is 2.17. The first-order valence-electron chi connectivity index (χ1n) is 5.20. The van der Waals surface area contributed by atoms with E-state index >= 15 is 0 Å². The van der Waals surface area contributed by atoms with E-state index in [1.165, 1.54) is 0 Å². The van der Waals surface area contributed by atoms with Crippen molar-refractivity contribution in [1.29, 1.82) is 0 Å². The highest BCUT2D eigenvalue weighted by molar-refractivity contribution is 7.09. The third kappa shape index (κ3) is 2.54. The summed E-state index contributed by atoms with van der Waals surface area (Å²) in [4.78, 5) is 15.7. The van der Waals surface area contributed by atoms with Gasteiger partial charge in [0.1, 0.15) is 5.01 Å². The molecule has 0 bridgehead atoms. The Kier molecular flexibility index (Phi) is 3.33. The predicted molar refractivity (Wildman–Crippen MR) is 59.7 cm³/mol. The Morgan fingerprint density at radius 3 is 3.27 bits per heavy atom. The third-order valence-electron chi connectivity index (χ3n) is 2.56. The topological polar surface area (TPSA) is 54.0 Å². The number of hydrogen-bond acceptors (Lipinski definition) is 4. The van der Waals surface area contributed by atoms with E-state index in [4.69, 9.17) is 0 Å². The first kappa shape index (κ1) is 10.6. The molecule has 0 saturated carbocycles. The number of aromatic nitrogens is 1. The number of hydrogen-bond donors (Lipinski definition) is 2. The van der Waals surface area contributed by atoms with Crippen LogP contribution in [0.15, 0.2) is 11.6 Å². The molecule has 2 N–H and O–H groups in total. The van der Waals surface area contributed by atoms with Crippen molar-refractivity contribution >= 4 is 17.2 Å². The van der Waals surface area contributed by atoms with Crippen molar-refractivity contribution in [2.75, 3.05) is 6.54 Å². The Hall–Kier alpha value is -0.940. The second kappa shape index (κ2) is 4.72. The van der Waals surface area contributed by atoms with Gasteiger partial charge in [0.25, 0.3) is 0 Å². The molecule has 1 fully saturated rings. The van der Waals surface area contributed by atoms with Crippen LogP contribution in [0.4, 0.5) is 0 Å². The molecule has 2 atom stereocenters. The monoisotopic (exact) mass is 225 g/mol. The van der Waals surface area contributed by atoms with E-state index < -0.39 is 0 Å². The number of amides is 1. The van der Waals surface area contributed by atoms with Gasteiger partial charge in [-0.3, -0.25) is 10.1 Å². The molecule has 1 aliphatic heterocycles. The van der Waals surface area contributed by atoms with Gasteiger partial charge in [-0.05, 0) is 19.8 Å². The number of carbonyl (C=O) groups excluding carboxylic acids is 1. The molecule has 0 aromatic carbocycles. The number of thiazole rings is 1. The fourth-order valence-corrected chi connectivity index (χ4v) is 2.41. The Labute approximate surface area is 93.1 Å². The maximum Gasteiger partial charge on any atom is 0.237 e. The third-order valence-corrected chi connectivity index (χ3v) is 3.52. The van der Waals surface area contributed by atoms with Crippen LogP contribution in [0.25, 0.3) is 0 Å². The largest absolute Gasteiger partial charge is 0.355 e. The molecule has 4 nitrogen and oxygen atoms in total. The minimum atomic E-state index is -0.0577. The van der Waals surface area contributed by atoms with Crippen LogP contribution in [0.1, 0.15) is 30.8 Å². The zero-order valence-electron chi connectivity index (χ0n) is 8.69. The van der Waals surface area contributed by atoms with Crippen molar-refractivity contribution in [2.24, 2.45) is 0 Å². The van der Waals surface area contributed by atoms with Crippen LogP contribution in [-0.2, 0) is 4.79 Å². The molecular weight excluding hydrogens is 210 g/mol. The van der Waals surface area contributed by atoms with Gasteiger partial charge in [-0.25, -0.2) is 4.98 Å². The van der Waals surface area contributed by atoms with Gasteiger partial charge in [-0.2, -0.15) is 0 Å². The van der Waals surface area contributed by atoms with Crippen LogP contribution in [0.2, 0.25) is 0 Å². The maximum atomic E-state index is 11.5. The van der Waals surface area contributed by atoms with E-state index in [1.54, 1.807) is 17.5 Å². The SMILES string of the molecule is CC(NC1CCCNC1=O)c1nccs1. The molecule has 1 aromatic heterocycles. The van der Waals surface area contributed by atoms with Crippen molar-refractivity contribution in [3.05, 3.63) is 16.6 Å². The Bertz CT molecular complexity index is 325. The molecule has 1 aliphatic rings. The molecule has 1 saturated heterocycles. The molecule has 15 heavy (non-hydrogen) atoms. The molecular formula is C10H15N3OS. The van der Waals surface area contributed by atoms with E-state index in [1.807, 2.05) is 12.3 Å². The van der Waals surface area contributed by atoms with E-state index in [0.29, 0.717) is 0 Å². The number of carbonyl (C=O) groups is 1. The Morgan fingerprint density at radius 2 is 2.60 bits per heavy atom. The van der Waals surface area contributed by atoms with Gasteiger partial charge >= 0.3 is 0 Å². The van der Waals surface area contributed by atoms with Crippen LogP contribution < -0.4 is 10.6 Å². The molecule has 82 valence electrons. The highest BCUT2D eigenvalue weighted by Gasteiger charge is 2.24. The van der Waals surface area contributed by atoms with Gasteiger partial charge in [-0.1, -0.05) is 0 Å². The lowest BCUT2D eigenvalue weighted by atomic mass is 10.1. The first-order valence-corrected chi connectivity index (χ1v) is 6.08. The van der Waals surface area contributed by atoms with E-state index in [9.17, 15) is 4.79 Å². The molecule has 5 heteroatoms. The summed E-state index contributed by atoms with van der Waals surface area (Å²) in [6.45, 7) is 2.85. The summed E-state index contributed by atoms with van der Waals surface area (Å²) in [7, 11) is 0. The van der Waals surface area contributed by atoms with Gasteiger partial charge < -0.3 is 5.32 Å².